The predicted molar refractivity (Wildman–Crippen MR) is 97.6 cm³/mol. The van der Waals surface area contributed by atoms with Gasteiger partial charge in [0.25, 0.3) is 0 Å². The van der Waals surface area contributed by atoms with Crippen LogP contribution in [0.5, 0.6) is 0 Å². The van der Waals surface area contributed by atoms with Crippen molar-refractivity contribution < 1.29 is 15.0 Å². The van der Waals surface area contributed by atoms with Gasteiger partial charge in [-0.05, 0) is 44.6 Å². The molecule has 23 heavy (non-hydrogen) atoms. The molecule has 0 aromatic carbocycles. The summed E-state index contributed by atoms with van der Waals surface area (Å²) in [5.74, 6) is -0.542. The number of carbonyl (C=O) groups is 1. The summed E-state index contributed by atoms with van der Waals surface area (Å²) in [4.78, 5) is 10.3. The molecule has 0 aliphatic rings. The van der Waals surface area contributed by atoms with Crippen LogP contribution in [0.2, 0.25) is 0 Å². The van der Waals surface area contributed by atoms with Gasteiger partial charge in [0.1, 0.15) is 0 Å². The number of allylic oxidation sites excluding steroid dienone is 8. The maximum absolute atomic E-state index is 10.3. The van der Waals surface area contributed by atoms with Crippen molar-refractivity contribution in [1.29, 1.82) is 0 Å². The Morgan fingerprint density at radius 3 is 2.00 bits per heavy atom. The predicted octanol–water partition coefficient (Wildman–Crippen LogP) is 6.10. The summed E-state index contributed by atoms with van der Waals surface area (Å²) in [6.45, 7) is 2.22. The second-order valence-corrected chi connectivity index (χ2v) is 5.56. The third kappa shape index (κ3) is 18.2. The highest BCUT2D eigenvalue weighted by molar-refractivity contribution is 5.66. The van der Waals surface area contributed by atoms with Crippen LogP contribution < -0.4 is 0 Å². The van der Waals surface area contributed by atoms with Crippen molar-refractivity contribution in [3.05, 3.63) is 48.3 Å². The van der Waals surface area contributed by atoms with Crippen LogP contribution in [0.3, 0.4) is 0 Å². The molecule has 0 radical (unpaired) electrons. The van der Waals surface area contributed by atoms with Gasteiger partial charge in [-0.15, -0.1) is 0 Å². The van der Waals surface area contributed by atoms with Gasteiger partial charge in [-0.3, -0.25) is 4.79 Å². The topological polar surface area (TPSA) is 57.5 Å². The van der Waals surface area contributed by atoms with Crippen molar-refractivity contribution in [2.75, 3.05) is 0 Å². The molecule has 0 amide bonds. The van der Waals surface area contributed by atoms with Gasteiger partial charge in [0, 0.05) is 12.8 Å². The van der Waals surface area contributed by atoms with Gasteiger partial charge < -0.3 is 10.2 Å². The molecule has 0 saturated carbocycles. The summed E-state index contributed by atoms with van der Waals surface area (Å²) in [6, 6.07) is 0. The molecule has 0 bridgehead atoms. The molecule has 2 N–H and O–H groups in total. The molecule has 0 aliphatic heterocycles. The second-order valence-electron chi connectivity index (χ2n) is 5.56. The number of hydrogen-bond donors (Lipinski definition) is 2. The van der Waals surface area contributed by atoms with Crippen molar-refractivity contribution in [3.63, 3.8) is 0 Å². The first-order chi connectivity index (χ1) is 11.2. The summed E-state index contributed by atoms with van der Waals surface area (Å²) in [6.07, 6.45) is 23.3. The van der Waals surface area contributed by atoms with Crippen molar-refractivity contribution in [2.45, 2.75) is 71.1 Å². The molecular weight excluding hydrogens is 288 g/mol. The molecule has 0 unspecified atom stereocenters. The molecule has 0 saturated heterocycles. The standard InChI is InChI=1S/C20H32O3/c1-2-3-4-5-6-7-8-9-10-11-12-13-14-16-19(21)17-15-18-20(22)23/h6-7,9-10,12-13,16,21H,2-5,8,11,14-15,17-18H2,1H3,(H,22,23)/b7-6+,10-9+,13-12+,19-16-. The van der Waals surface area contributed by atoms with E-state index < -0.39 is 5.97 Å². The highest BCUT2D eigenvalue weighted by Gasteiger charge is 1.98. The van der Waals surface area contributed by atoms with Crippen LogP contribution in [0.1, 0.15) is 71.1 Å². The Balaban J connectivity index is 3.58. The third-order valence-electron chi connectivity index (χ3n) is 3.33. The van der Waals surface area contributed by atoms with Crippen LogP contribution in [0.25, 0.3) is 0 Å². The molecule has 3 nitrogen and oxygen atoms in total. The molecule has 0 aromatic rings. The van der Waals surface area contributed by atoms with Crippen LogP contribution >= 0.6 is 0 Å². The quantitative estimate of drug-likeness (QED) is 0.231. The van der Waals surface area contributed by atoms with E-state index in [0.29, 0.717) is 19.3 Å². The highest BCUT2D eigenvalue weighted by Crippen LogP contribution is 2.06. The van der Waals surface area contributed by atoms with E-state index in [1.54, 1.807) is 6.08 Å². The third-order valence-corrected chi connectivity index (χ3v) is 3.33. The van der Waals surface area contributed by atoms with Crippen LogP contribution in [-0.4, -0.2) is 16.2 Å². The molecule has 0 aromatic heterocycles. The first kappa shape index (κ1) is 21.2. The summed E-state index contributed by atoms with van der Waals surface area (Å²) in [7, 11) is 0. The number of aliphatic hydroxyl groups is 1. The van der Waals surface area contributed by atoms with E-state index >= 15 is 0 Å². The van der Waals surface area contributed by atoms with E-state index in [2.05, 4.69) is 37.3 Å². The second kappa shape index (κ2) is 16.6. The Bertz CT molecular complexity index is 403. The van der Waals surface area contributed by atoms with Crippen molar-refractivity contribution >= 4 is 5.97 Å². The fourth-order valence-corrected chi connectivity index (χ4v) is 2.00. The lowest BCUT2D eigenvalue weighted by molar-refractivity contribution is -0.137. The van der Waals surface area contributed by atoms with Crippen LogP contribution in [-0.2, 0) is 4.79 Å². The Morgan fingerprint density at radius 1 is 0.783 bits per heavy atom. The molecular formula is C20H32O3. The van der Waals surface area contributed by atoms with Gasteiger partial charge in [0.2, 0.25) is 0 Å². The number of rotatable bonds is 14. The zero-order valence-corrected chi connectivity index (χ0v) is 14.4. The van der Waals surface area contributed by atoms with Gasteiger partial charge in [-0.2, -0.15) is 0 Å². The Labute approximate surface area is 141 Å². The lowest BCUT2D eigenvalue weighted by Gasteiger charge is -1.97. The zero-order valence-electron chi connectivity index (χ0n) is 14.4. The monoisotopic (exact) mass is 320 g/mol. The maximum atomic E-state index is 10.3. The van der Waals surface area contributed by atoms with Crippen molar-refractivity contribution in [3.8, 4) is 0 Å². The number of unbranched alkanes of at least 4 members (excludes halogenated alkanes) is 3. The van der Waals surface area contributed by atoms with Crippen LogP contribution in [0.4, 0.5) is 0 Å². The molecule has 0 atom stereocenters. The number of aliphatic carboxylic acids is 1. The number of hydrogen-bond acceptors (Lipinski definition) is 2. The minimum atomic E-state index is -0.819. The minimum absolute atomic E-state index is 0.103. The first-order valence-electron chi connectivity index (χ1n) is 8.71. The highest BCUT2D eigenvalue weighted by atomic mass is 16.4. The van der Waals surface area contributed by atoms with Gasteiger partial charge in [0.05, 0.1) is 5.76 Å². The van der Waals surface area contributed by atoms with E-state index in [9.17, 15) is 9.90 Å². The fraction of sp³-hybridized carbons (Fsp3) is 0.550. The lowest BCUT2D eigenvalue weighted by Crippen LogP contribution is -1.94. The van der Waals surface area contributed by atoms with E-state index in [0.717, 1.165) is 12.8 Å². The van der Waals surface area contributed by atoms with E-state index in [1.165, 1.54) is 25.7 Å². The molecule has 0 heterocycles. The largest absolute Gasteiger partial charge is 0.513 e. The van der Waals surface area contributed by atoms with Gasteiger partial charge >= 0.3 is 5.97 Å². The Hall–Kier alpha value is -1.77. The smallest absolute Gasteiger partial charge is 0.303 e. The van der Waals surface area contributed by atoms with Gasteiger partial charge in [0.15, 0.2) is 0 Å². The average Bonchev–Trinajstić information content (AvgIpc) is 2.51. The van der Waals surface area contributed by atoms with Gasteiger partial charge in [-0.25, -0.2) is 0 Å². The summed E-state index contributed by atoms with van der Waals surface area (Å²) in [5, 5.41) is 18.1. The van der Waals surface area contributed by atoms with Crippen molar-refractivity contribution in [1.82, 2.24) is 0 Å². The number of carboxylic acid groups (broad SMARTS) is 1. The molecule has 0 rings (SSSR count). The zero-order chi connectivity index (χ0) is 17.2. The van der Waals surface area contributed by atoms with E-state index in [-0.39, 0.29) is 12.2 Å². The normalized spacial score (nSPS) is 12.8. The Morgan fingerprint density at radius 2 is 1.39 bits per heavy atom. The fourth-order valence-electron chi connectivity index (χ4n) is 2.00. The molecule has 130 valence electrons. The SMILES string of the molecule is CCCCC/C=C/C/C=C/C/C=C/C/C=C(\O)CCCC(=O)O. The van der Waals surface area contributed by atoms with E-state index in [1.807, 2.05) is 6.08 Å². The Kier molecular flexibility index (Phi) is 15.3. The van der Waals surface area contributed by atoms with Crippen LogP contribution in [0.15, 0.2) is 48.3 Å². The number of aliphatic hydroxyl groups excluding tert-OH is 1. The van der Waals surface area contributed by atoms with E-state index in [4.69, 9.17) is 5.11 Å². The average molecular weight is 320 g/mol. The lowest BCUT2D eigenvalue weighted by atomic mass is 10.2. The summed E-state index contributed by atoms with van der Waals surface area (Å²) < 4.78 is 0. The van der Waals surface area contributed by atoms with Crippen molar-refractivity contribution in [2.24, 2.45) is 0 Å². The first-order valence-corrected chi connectivity index (χ1v) is 8.71. The summed E-state index contributed by atoms with van der Waals surface area (Å²) in [5.41, 5.74) is 0. The maximum Gasteiger partial charge on any atom is 0.303 e. The minimum Gasteiger partial charge on any atom is -0.513 e. The molecule has 0 aliphatic carbocycles. The van der Waals surface area contributed by atoms with Crippen LogP contribution in [0, 0.1) is 0 Å². The molecule has 0 fully saturated rings. The molecule has 0 spiro atoms. The summed E-state index contributed by atoms with van der Waals surface area (Å²) >= 11 is 0. The molecule has 3 heteroatoms. The number of carboxylic acids is 1. The van der Waals surface area contributed by atoms with Gasteiger partial charge in [-0.1, -0.05) is 56.2 Å².